The summed E-state index contributed by atoms with van der Waals surface area (Å²) < 4.78 is 4.76. The molecule has 29 heavy (non-hydrogen) atoms. The van der Waals surface area contributed by atoms with E-state index in [1.165, 1.54) is 0 Å². The number of piperazine rings is 1. The van der Waals surface area contributed by atoms with Gasteiger partial charge in [-0.25, -0.2) is 4.63 Å². The van der Waals surface area contributed by atoms with Crippen molar-refractivity contribution in [1.29, 1.82) is 0 Å². The highest BCUT2D eigenvalue weighted by Crippen LogP contribution is 2.30. The summed E-state index contributed by atoms with van der Waals surface area (Å²) in [5.74, 6) is -0.147. The van der Waals surface area contributed by atoms with Gasteiger partial charge in [0.1, 0.15) is 11.4 Å². The molecule has 0 saturated carbocycles. The molecule has 1 unspecified atom stereocenters. The SMILES string of the molecule is Cc1cccc(N2CC(C(=O)N3CCN(Cc4nonc4C)CC3)CC2=O)c1C. The normalized spacial score (nSPS) is 20.5. The van der Waals surface area contributed by atoms with Gasteiger partial charge >= 0.3 is 0 Å². The van der Waals surface area contributed by atoms with Crippen LogP contribution in [-0.2, 0) is 16.1 Å². The monoisotopic (exact) mass is 397 g/mol. The summed E-state index contributed by atoms with van der Waals surface area (Å²) in [5, 5.41) is 7.75. The number of benzene rings is 1. The predicted molar refractivity (Wildman–Crippen MR) is 107 cm³/mol. The Morgan fingerprint density at radius 3 is 2.59 bits per heavy atom. The van der Waals surface area contributed by atoms with Crippen LogP contribution < -0.4 is 4.90 Å². The maximum Gasteiger partial charge on any atom is 0.228 e. The van der Waals surface area contributed by atoms with Gasteiger partial charge in [-0.3, -0.25) is 14.5 Å². The Morgan fingerprint density at radius 2 is 1.90 bits per heavy atom. The molecule has 2 aliphatic rings. The lowest BCUT2D eigenvalue weighted by Crippen LogP contribution is -2.50. The van der Waals surface area contributed by atoms with Crippen LogP contribution in [-0.4, -0.2) is 64.7 Å². The van der Waals surface area contributed by atoms with E-state index < -0.39 is 0 Å². The van der Waals surface area contributed by atoms with Crippen LogP contribution in [0.4, 0.5) is 5.69 Å². The van der Waals surface area contributed by atoms with Gasteiger partial charge in [-0.05, 0) is 38.0 Å². The molecule has 1 aromatic carbocycles. The first-order valence-electron chi connectivity index (χ1n) is 10.1. The third-order valence-electron chi connectivity index (χ3n) is 6.14. The molecule has 2 fully saturated rings. The Bertz CT molecular complexity index is 917. The number of carbonyl (C=O) groups excluding carboxylic acids is 2. The molecule has 0 N–H and O–H groups in total. The zero-order valence-electron chi connectivity index (χ0n) is 17.2. The lowest BCUT2D eigenvalue weighted by atomic mass is 10.1. The summed E-state index contributed by atoms with van der Waals surface area (Å²) in [7, 11) is 0. The van der Waals surface area contributed by atoms with Crippen LogP contribution in [0.15, 0.2) is 22.8 Å². The third-order valence-corrected chi connectivity index (χ3v) is 6.14. The molecule has 8 heteroatoms. The summed E-state index contributed by atoms with van der Waals surface area (Å²) >= 11 is 0. The summed E-state index contributed by atoms with van der Waals surface area (Å²) in [5.41, 5.74) is 4.82. The third kappa shape index (κ3) is 3.89. The van der Waals surface area contributed by atoms with Gasteiger partial charge in [0.05, 0.1) is 5.92 Å². The Hall–Kier alpha value is -2.74. The van der Waals surface area contributed by atoms with Gasteiger partial charge in [-0.1, -0.05) is 22.4 Å². The maximum absolute atomic E-state index is 13.0. The zero-order valence-corrected chi connectivity index (χ0v) is 17.2. The molecule has 2 saturated heterocycles. The first-order chi connectivity index (χ1) is 13.9. The Labute approximate surface area is 170 Å². The van der Waals surface area contributed by atoms with Crippen molar-refractivity contribution in [3.05, 3.63) is 40.7 Å². The van der Waals surface area contributed by atoms with Gasteiger partial charge < -0.3 is 9.80 Å². The average Bonchev–Trinajstić information content (AvgIpc) is 3.30. The zero-order chi connectivity index (χ0) is 20.5. The van der Waals surface area contributed by atoms with Crippen LogP contribution in [0.5, 0.6) is 0 Å². The lowest BCUT2D eigenvalue weighted by molar-refractivity contribution is -0.137. The van der Waals surface area contributed by atoms with Gasteiger partial charge in [0.2, 0.25) is 11.8 Å². The summed E-state index contributed by atoms with van der Waals surface area (Å²) in [6.07, 6.45) is 0.288. The number of carbonyl (C=O) groups is 2. The van der Waals surface area contributed by atoms with E-state index in [4.69, 9.17) is 4.63 Å². The van der Waals surface area contributed by atoms with Crippen molar-refractivity contribution < 1.29 is 14.2 Å². The number of hydrogen-bond acceptors (Lipinski definition) is 6. The van der Waals surface area contributed by atoms with Gasteiger partial charge in [0.15, 0.2) is 0 Å². The number of nitrogens with zero attached hydrogens (tertiary/aromatic N) is 5. The van der Waals surface area contributed by atoms with Crippen molar-refractivity contribution in [2.24, 2.45) is 5.92 Å². The number of rotatable bonds is 4. The van der Waals surface area contributed by atoms with Crippen LogP contribution in [0.25, 0.3) is 0 Å². The molecule has 154 valence electrons. The fourth-order valence-corrected chi connectivity index (χ4v) is 4.12. The minimum absolute atomic E-state index is 0.0321. The molecule has 3 heterocycles. The van der Waals surface area contributed by atoms with E-state index >= 15 is 0 Å². The first kappa shape index (κ1) is 19.6. The average molecular weight is 397 g/mol. The maximum atomic E-state index is 13.0. The van der Waals surface area contributed by atoms with Crippen molar-refractivity contribution in [3.8, 4) is 0 Å². The van der Waals surface area contributed by atoms with Crippen LogP contribution in [0.3, 0.4) is 0 Å². The molecule has 1 atom stereocenters. The minimum atomic E-state index is -0.268. The second-order valence-corrected chi connectivity index (χ2v) is 8.02. The molecule has 4 rings (SSSR count). The molecular formula is C21H27N5O3. The number of amides is 2. The molecule has 2 aromatic rings. The summed E-state index contributed by atoms with van der Waals surface area (Å²) in [6, 6.07) is 5.97. The van der Waals surface area contributed by atoms with Gasteiger partial charge in [0.25, 0.3) is 0 Å². The predicted octanol–water partition coefficient (Wildman–Crippen LogP) is 1.69. The van der Waals surface area contributed by atoms with Gasteiger partial charge in [0, 0.05) is 51.4 Å². The number of hydrogen-bond donors (Lipinski definition) is 0. The van der Waals surface area contributed by atoms with Crippen molar-refractivity contribution in [3.63, 3.8) is 0 Å². The molecule has 2 amide bonds. The molecule has 1 aromatic heterocycles. The van der Waals surface area contributed by atoms with Crippen LogP contribution in [0.2, 0.25) is 0 Å². The molecular weight excluding hydrogens is 370 g/mol. The van der Waals surface area contributed by atoms with Crippen molar-refractivity contribution in [2.75, 3.05) is 37.6 Å². The molecule has 0 bridgehead atoms. The molecule has 0 radical (unpaired) electrons. The van der Waals surface area contributed by atoms with Gasteiger partial charge in [-0.15, -0.1) is 0 Å². The number of aryl methyl sites for hydroxylation is 2. The second-order valence-electron chi connectivity index (χ2n) is 8.02. The van der Waals surface area contributed by atoms with E-state index in [1.807, 2.05) is 43.9 Å². The highest BCUT2D eigenvalue weighted by molar-refractivity contribution is 6.01. The standard InChI is InChI=1S/C21H27N5O3/c1-14-5-4-6-19(15(14)2)26-12-17(11-20(26)27)21(28)25-9-7-24(8-10-25)13-18-16(3)22-29-23-18/h4-6,17H,7-13H2,1-3H3. The quantitative estimate of drug-likeness (QED) is 0.781. The summed E-state index contributed by atoms with van der Waals surface area (Å²) in [4.78, 5) is 31.6. The largest absolute Gasteiger partial charge is 0.340 e. The number of anilines is 1. The van der Waals surface area contributed by atoms with E-state index in [0.29, 0.717) is 26.2 Å². The summed E-state index contributed by atoms with van der Waals surface area (Å²) in [6.45, 7) is 9.97. The minimum Gasteiger partial charge on any atom is -0.340 e. The second kappa shape index (κ2) is 7.94. The van der Waals surface area contributed by atoms with E-state index in [0.717, 1.165) is 41.3 Å². The van der Waals surface area contributed by atoms with Crippen LogP contribution >= 0.6 is 0 Å². The molecule has 0 spiro atoms. The fraction of sp³-hybridized carbons (Fsp3) is 0.524. The van der Waals surface area contributed by atoms with E-state index in [9.17, 15) is 9.59 Å². The Balaban J connectivity index is 1.35. The topological polar surface area (TPSA) is 82.8 Å². The van der Waals surface area contributed by atoms with Gasteiger partial charge in [-0.2, -0.15) is 0 Å². The van der Waals surface area contributed by atoms with Crippen molar-refractivity contribution in [1.82, 2.24) is 20.1 Å². The van der Waals surface area contributed by atoms with Crippen LogP contribution in [0.1, 0.15) is 28.9 Å². The molecule has 8 nitrogen and oxygen atoms in total. The highest BCUT2D eigenvalue weighted by Gasteiger charge is 2.38. The van der Waals surface area contributed by atoms with E-state index in [2.05, 4.69) is 15.2 Å². The Morgan fingerprint density at radius 1 is 1.14 bits per heavy atom. The van der Waals surface area contributed by atoms with E-state index in [-0.39, 0.29) is 24.2 Å². The number of aromatic nitrogens is 2. The fourth-order valence-electron chi connectivity index (χ4n) is 4.12. The van der Waals surface area contributed by atoms with Crippen molar-refractivity contribution >= 4 is 17.5 Å². The van der Waals surface area contributed by atoms with Crippen LogP contribution in [0, 0.1) is 26.7 Å². The highest BCUT2D eigenvalue weighted by atomic mass is 16.6. The Kier molecular flexibility index (Phi) is 5.36. The first-order valence-corrected chi connectivity index (χ1v) is 10.1. The smallest absolute Gasteiger partial charge is 0.228 e. The molecule has 0 aliphatic carbocycles. The van der Waals surface area contributed by atoms with Crippen molar-refractivity contribution in [2.45, 2.75) is 33.7 Å². The van der Waals surface area contributed by atoms with E-state index in [1.54, 1.807) is 4.90 Å². The lowest BCUT2D eigenvalue weighted by Gasteiger charge is -2.35. The molecule has 2 aliphatic heterocycles.